The van der Waals surface area contributed by atoms with Gasteiger partial charge in [-0.05, 0) is 66.2 Å². The molecule has 4 rings (SSSR count). The Morgan fingerprint density at radius 1 is 1.14 bits per heavy atom. The summed E-state index contributed by atoms with van der Waals surface area (Å²) in [5, 5.41) is 13.4. The topological polar surface area (TPSA) is 119 Å². The van der Waals surface area contributed by atoms with Crippen molar-refractivity contribution in [3.05, 3.63) is 103 Å². The van der Waals surface area contributed by atoms with Crippen molar-refractivity contribution in [1.82, 2.24) is 4.90 Å². The van der Waals surface area contributed by atoms with Crippen LogP contribution < -0.4 is 10.1 Å². The number of thioether (sulfide) groups is 1. The van der Waals surface area contributed by atoms with Gasteiger partial charge in [-0.2, -0.15) is 0 Å². The first-order valence-electron chi connectivity index (χ1n) is 11.0. The summed E-state index contributed by atoms with van der Waals surface area (Å²) in [4.78, 5) is 49.2. The normalized spacial score (nSPS) is 14.2. The minimum absolute atomic E-state index is 0.0174. The van der Waals surface area contributed by atoms with E-state index in [0.717, 1.165) is 27.8 Å². The van der Waals surface area contributed by atoms with Gasteiger partial charge in [0.05, 0.1) is 9.83 Å². The van der Waals surface area contributed by atoms with Crippen LogP contribution in [0.15, 0.2) is 71.6 Å². The maximum Gasteiger partial charge on any atom is 0.294 e. The zero-order chi connectivity index (χ0) is 26.5. The first-order valence-corrected chi connectivity index (χ1v) is 12.2. The summed E-state index contributed by atoms with van der Waals surface area (Å²) in [5.41, 5.74) is 2.58. The van der Waals surface area contributed by atoms with Crippen LogP contribution in [-0.4, -0.2) is 33.4 Å². The van der Waals surface area contributed by atoms with E-state index in [1.807, 2.05) is 6.92 Å². The van der Waals surface area contributed by atoms with Crippen LogP contribution in [-0.2, 0) is 16.2 Å². The van der Waals surface area contributed by atoms with Gasteiger partial charge >= 0.3 is 0 Å². The van der Waals surface area contributed by atoms with E-state index in [9.17, 15) is 24.5 Å². The molecule has 1 saturated heterocycles. The number of hydrogen-bond donors (Lipinski definition) is 1. The lowest BCUT2D eigenvalue weighted by atomic mass is 10.1. The lowest BCUT2D eigenvalue weighted by molar-refractivity contribution is -0.384. The Labute approximate surface area is 221 Å². The number of nitrogens with one attached hydrogen (secondary N) is 1. The number of benzene rings is 3. The Bertz CT molecular complexity index is 1420. The average molecular weight is 538 g/mol. The third-order valence-corrected chi connectivity index (χ3v) is 6.69. The van der Waals surface area contributed by atoms with Gasteiger partial charge in [0, 0.05) is 28.4 Å². The molecular formula is C26H20ClN3O6S. The van der Waals surface area contributed by atoms with Crippen molar-refractivity contribution in [1.29, 1.82) is 0 Å². The highest BCUT2D eigenvalue weighted by Gasteiger charge is 2.36. The zero-order valence-corrected chi connectivity index (χ0v) is 21.0. The van der Waals surface area contributed by atoms with E-state index >= 15 is 0 Å². The van der Waals surface area contributed by atoms with Gasteiger partial charge in [0.15, 0.2) is 0 Å². The molecule has 0 aromatic heterocycles. The summed E-state index contributed by atoms with van der Waals surface area (Å²) in [7, 11) is 0. The lowest BCUT2D eigenvalue weighted by Gasteiger charge is -2.13. The summed E-state index contributed by atoms with van der Waals surface area (Å²) in [6.07, 6.45) is 1.54. The molecule has 1 aliphatic rings. The van der Waals surface area contributed by atoms with Crippen LogP contribution in [0.5, 0.6) is 5.75 Å². The van der Waals surface area contributed by atoms with Crippen molar-refractivity contribution in [3.63, 3.8) is 0 Å². The van der Waals surface area contributed by atoms with Gasteiger partial charge in [0.1, 0.15) is 18.9 Å². The highest BCUT2D eigenvalue weighted by atomic mass is 35.5. The Morgan fingerprint density at radius 2 is 1.86 bits per heavy atom. The number of para-hydroxylation sites is 1. The molecule has 0 bridgehead atoms. The van der Waals surface area contributed by atoms with E-state index < -0.39 is 28.5 Å². The number of aryl methyl sites for hydroxylation is 1. The van der Waals surface area contributed by atoms with Crippen molar-refractivity contribution in [2.45, 2.75) is 13.5 Å². The van der Waals surface area contributed by atoms with Crippen molar-refractivity contribution < 1.29 is 24.0 Å². The molecule has 1 fully saturated rings. The molecule has 3 aromatic rings. The molecule has 0 unspecified atom stereocenters. The van der Waals surface area contributed by atoms with Crippen LogP contribution in [0.3, 0.4) is 0 Å². The molecular weight excluding hydrogens is 518 g/mol. The monoisotopic (exact) mass is 537 g/mol. The molecule has 0 aliphatic carbocycles. The highest BCUT2D eigenvalue weighted by molar-refractivity contribution is 8.18. The molecule has 0 radical (unpaired) electrons. The number of rotatable bonds is 8. The van der Waals surface area contributed by atoms with E-state index in [-0.39, 0.29) is 17.2 Å². The summed E-state index contributed by atoms with van der Waals surface area (Å²) in [5.74, 6) is -0.658. The zero-order valence-electron chi connectivity index (χ0n) is 19.5. The Kier molecular flexibility index (Phi) is 7.90. The van der Waals surface area contributed by atoms with Crippen LogP contribution in [0.1, 0.15) is 16.7 Å². The number of imide groups is 1. The molecule has 9 nitrogen and oxygen atoms in total. The number of nitrogens with zero attached hydrogens (tertiary/aromatic N) is 2. The molecule has 0 atom stereocenters. The fraction of sp³-hybridized carbons (Fsp3) is 0.115. The van der Waals surface area contributed by atoms with E-state index in [1.165, 1.54) is 18.2 Å². The average Bonchev–Trinajstić information content (AvgIpc) is 3.13. The van der Waals surface area contributed by atoms with E-state index in [2.05, 4.69) is 5.32 Å². The third kappa shape index (κ3) is 6.35. The Hall–Kier alpha value is -4.15. The van der Waals surface area contributed by atoms with Gasteiger partial charge in [-0.1, -0.05) is 35.9 Å². The van der Waals surface area contributed by atoms with Gasteiger partial charge in [-0.3, -0.25) is 29.4 Å². The number of nitro groups is 1. The number of hydrogen-bond acceptors (Lipinski definition) is 7. The van der Waals surface area contributed by atoms with Crippen molar-refractivity contribution >= 4 is 57.9 Å². The van der Waals surface area contributed by atoms with Gasteiger partial charge < -0.3 is 10.1 Å². The SMILES string of the molecule is Cc1ccc(NC(=O)CN2C(=O)S/C(=C\c3ccccc3OCc3ccc([N+](=O)[O-])cc3)C2=O)cc1Cl. The molecule has 0 saturated carbocycles. The highest BCUT2D eigenvalue weighted by Crippen LogP contribution is 2.34. The van der Waals surface area contributed by atoms with E-state index in [4.69, 9.17) is 16.3 Å². The van der Waals surface area contributed by atoms with Crippen LogP contribution in [0, 0.1) is 17.0 Å². The number of halogens is 1. The fourth-order valence-corrected chi connectivity index (χ4v) is 4.41. The maximum atomic E-state index is 12.9. The predicted octanol–water partition coefficient (Wildman–Crippen LogP) is 5.81. The molecule has 0 spiro atoms. The smallest absolute Gasteiger partial charge is 0.294 e. The first-order chi connectivity index (χ1) is 17.7. The summed E-state index contributed by atoms with van der Waals surface area (Å²) in [6, 6.07) is 18.0. The molecule has 3 aromatic carbocycles. The molecule has 11 heteroatoms. The van der Waals surface area contributed by atoms with Crippen molar-refractivity contribution in [2.24, 2.45) is 0 Å². The van der Waals surface area contributed by atoms with Crippen LogP contribution in [0.25, 0.3) is 6.08 Å². The van der Waals surface area contributed by atoms with Crippen molar-refractivity contribution in [2.75, 3.05) is 11.9 Å². The second-order valence-corrected chi connectivity index (χ2v) is 9.43. The number of amides is 3. The van der Waals surface area contributed by atoms with Gasteiger partial charge in [-0.25, -0.2) is 0 Å². The van der Waals surface area contributed by atoms with Crippen LogP contribution >= 0.6 is 23.4 Å². The lowest BCUT2D eigenvalue weighted by Crippen LogP contribution is -2.36. The molecule has 1 N–H and O–H groups in total. The summed E-state index contributed by atoms with van der Waals surface area (Å²) >= 11 is 6.82. The number of ether oxygens (including phenoxy) is 1. The molecule has 3 amide bonds. The molecule has 1 heterocycles. The summed E-state index contributed by atoms with van der Waals surface area (Å²) in [6.45, 7) is 1.54. The van der Waals surface area contributed by atoms with Crippen molar-refractivity contribution in [3.8, 4) is 5.75 Å². The van der Waals surface area contributed by atoms with Gasteiger partial charge in [0.2, 0.25) is 5.91 Å². The first kappa shape index (κ1) is 25.9. The number of carbonyl (C=O) groups excluding carboxylic acids is 3. The number of nitro benzene ring substituents is 1. The fourth-order valence-electron chi connectivity index (χ4n) is 3.40. The minimum Gasteiger partial charge on any atom is -0.488 e. The number of non-ortho nitro benzene ring substituents is 1. The van der Waals surface area contributed by atoms with Crippen LogP contribution in [0.2, 0.25) is 5.02 Å². The summed E-state index contributed by atoms with van der Waals surface area (Å²) < 4.78 is 5.86. The largest absolute Gasteiger partial charge is 0.488 e. The van der Waals surface area contributed by atoms with Crippen LogP contribution in [0.4, 0.5) is 16.2 Å². The molecule has 188 valence electrons. The standard InChI is InChI=1S/C26H20ClN3O6S/c1-16-6-9-19(13-21(16)27)28-24(31)14-29-25(32)23(37-26(29)33)12-18-4-2-3-5-22(18)36-15-17-7-10-20(11-8-17)30(34)35/h2-13H,14-15H2,1H3,(H,28,31)/b23-12-. The Morgan fingerprint density at radius 3 is 2.57 bits per heavy atom. The predicted molar refractivity (Wildman–Crippen MR) is 141 cm³/mol. The van der Waals surface area contributed by atoms with E-state index in [1.54, 1.807) is 54.6 Å². The maximum absolute atomic E-state index is 12.9. The molecule has 1 aliphatic heterocycles. The Balaban J connectivity index is 1.43. The second-order valence-electron chi connectivity index (χ2n) is 8.03. The second kappa shape index (κ2) is 11.3. The van der Waals surface area contributed by atoms with E-state index in [0.29, 0.717) is 22.0 Å². The minimum atomic E-state index is -0.586. The third-order valence-electron chi connectivity index (χ3n) is 5.38. The number of carbonyl (C=O) groups is 3. The van der Waals surface area contributed by atoms with Gasteiger partial charge in [0.25, 0.3) is 16.8 Å². The van der Waals surface area contributed by atoms with Gasteiger partial charge in [-0.15, -0.1) is 0 Å². The molecule has 37 heavy (non-hydrogen) atoms. The quantitative estimate of drug-likeness (QED) is 0.219. The number of anilines is 1.